The van der Waals surface area contributed by atoms with Crippen molar-refractivity contribution in [3.05, 3.63) is 53.8 Å². The second kappa shape index (κ2) is 6.47. The first-order valence-corrected chi connectivity index (χ1v) is 8.01. The fraction of sp³-hybridized carbons (Fsp3) is 0.389. The molecule has 24 heavy (non-hydrogen) atoms. The Morgan fingerprint density at radius 2 is 2.29 bits per heavy atom. The smallest absolute Gasteiger partial charge is 0.252 e. The molecule has 2 aromatic heterocycles. The summed E-state index contributed by atoms with van der Waals surface area (Å²) in [5.41, 5.74) is 2.68. The molecular weight excluding hydrogens is 306 g/mol. The zero-order valence-corrected chi connectivity index (χ0v) is 14.0. The largest absolute Gasteiger partial charge is 0.467 e. The van der Waals surface area contributed by atoms with Gasteiger partial charge in [-0.05, 0) is 32.4 Å². The minimum atomic E-state index is -0.373. The van der Waals surface area contributed by atoms with Crippen LogP contribution in [-0.4, -0.2) is 33.0 Å². The van der Waals surface area contributed by atoms with Crippen molar-refractivity contribution in [1.29, 1.82) is 0 Å². The minimum Gasteiger partial charge on any atom is -0.467 e. The van der Waals surface area contributed by atoms with Crippen molar-refractivity contribution in [2.45, 2.75) is 33.2 Å². The molecule has 6 nitrogen and oxygen atoms in total. The third kappa shape index (κ3) is 2.91. The van der Waals surface area contributed by atoms with Crippen molar-refractivity contribution >= 4 is 11.8 Å². The summed E-state index contributed by atoms with van der Waals surface area (Å²) >= 11 is 0. The quantitative estimate of drug-likeness (QED) is 0.791. The lowest BCUT2D eigenvalue weighted by Crippen LogP contribution is -2.28. The van der Waals surface area contributed by atoms with Crippen LogP contribution in [0.15, 0.2) is 35.5 Å². The van der Waals surface area contributed by atoms with Crippen LogP contribution >= 0.6 is 0 Å². The van der Waals surface area contributed by atoms with Crippen LogP contribution in [0.2, 0.25) is 0 Å². The van der Waals surface area contributed by atoms with Crippen LogP contribution in [0.4, 0.5) is 0 Å². The molecule has 6 heteroatoms. The highest BCUT2D eigenvalue weighted by molar-refractivity contribution is 5.90. The summed E-state index contributed by atoms with van der Waals surface area (Å²) in [7, 11) is 0. The molecule has 0 aromatic carbocycles. The average Bonchev–Trinajstić information content (AvgIpc) is 3.25. The van der Waals surface area contributed by atoms with Gasteiger partial charge >= 0.3 is 0 Å². The maximum absolute atomic E-state index is 12.8. The zero-order valence-electron chi connectivity index (χ0n) is 14.0. The van der Waals surface area contributed by atoms with Gasteiger partial charge < -0.3 is 9.32 Å². The predicted molar refractivity (Wildman–Crippen MR) is 88.5 cm³/mol. The number of allylic oxidation sites excluding steroid dienone is 1. The Labute approximate surface area is 140 Å². The van der Waals surface area contributed by atoms with E-state index in [4.69, 9.17) is 4.42 Å². The summed E-state index contributed by atoms with van der Waals surface area (Å²) in [6.07, 6.45) is 4.28. The highest BCUT2D eigenvalue weighted by Gasteiger charge is 2.36. The number of carbonyl (C=O) groups is 2. The standard InChI is InChI=1S/C18H21N3O3/c1-4-6-16-12(2)19-21(13(16)3)18(23)14-9-17(22)20(10-14)11-15-7-5-8-24-15/h4-5,7-8,14H,1,6,9-11H2,2-3H3. The van der Waals surface area contributed by atoms with E-state index in [9.17, 15) is 9.59 Å². The number of furan rings is 1. The van der Waals surface area contributed by atoms with E-state index in [0.29, 0.717) is 19.5 Å². The molecule has 0 radical (unpaired) electrons. The van der Waals surface area contributed by atoms with Crippen molar-refractivity contribution in [3.8, 4) is 0 Å². The molecule has 0 N–H and O–H groups in total. The molecule has 1 amide bonds. The molecule has 1 unspecified atom stereocenters. The summed E-state index contributed by atoms with van der Waals surface area (Å²) in [6, 6.07) is 3.61. The van der Waals surface area contributed by atoms with Crippen LogP contribution in [0.25, 0.3) is 0 Å². The Morgan fingerprint density at radius 1 is 1.50 bits per heavy atom. The van der Waals surface area contributed by atoms with E-state index in [1.54, 1.807) is 23.3 Å². The number of carbonyl (C=O) groups excluding carboxylic acids is 2. The molecule has 1 atom stereocenters. The van der Waals surface area contributed by atoms with E-state index in [-0.39, 0.29) is 24.2 Å². The molecule has 0 aliphatic carbocycles. The molecule has 0 spiro atoms. The Bertz CT molecular complexity index is 774. The van der Waals surface area contributed by atoms with Gasteiger partial charge in [0.05, 0.1) is 24.4 Å². The SMILES string of the molecule is C=CCc1c(C)nn(C(=O)C2CC(=O)N(Cc3ccco3)C2)c1C. The van der Waals surface area contributed by atoms with Gasteiger partial charge in [-0.2, -0.15) is 5.10 Å². The lowest BCUT2D eigenvalue weighted by atomic mass is 10.1. The highest BCUT2D eigenvalue weighted by Crippen LogP contribution is 2.24. The lowest BCUT2D eigenvalue weighted by Gasteiger charge is -2.15. The van der Waals surface area contributed by atoms with E-state index in [1.165, 1.54) is 4.68 Å². The van der Waals surface area contributed by atoms with Crippen molar-refractivity contribution in [1.82, 2.24) is 14.7 Å². The van der Waals surface area contributed by atoms with Crippen LogP contribution in [0.3, 0.4) is 0 Å². The van der Waals surface area contributed by atoms with Crippen molar-refractivity contribution in [3.63, 3.8) is 0 Å². The number of amides is 1. The van der Waals surface area contributed by atoms with Gasteiger partial charge in [-0.25, -0.2) is 4.68 Å². The summed E-state index contributed by atoms with van der Waals surface area (Å²) < 4.78 is 6.73. The molecule has 0 bridgehead atoms. The molecule has 126 valence electrons. The first kappa shape index (κ1) is 16.2. The summed E-state index contributed by atoms with van der Waals surface area (Å²) in [5.74, 6) is 0.191. The Morgan fingerprint density at radius 3 is 2.96 bits per heavy atom. The summed E-state index contributed by atoms with van der Waals surface area (Å²) in [6.45, 7) is 8.31. The molecule has 1 fully saturated rings. The normalized spacial score (nSPS) is 17.5. The van der Waals surface area contributed by atoms with Crippen LogP contribution in [-0.2, 0) is 17.8 Å². The van der Waals surface area contributed by atoms with Gasteiger partial charge in [0.25, 0.3) is 5.91 Å². The Balaban J connectivity index is 1.75. The third-order valence-electron chi connectivity index (χ3n) is 4.49. The second-order valence-electron chi connectivity index (χ2n) is 6.15. The van der Waals surface area contributed by atoms with Gasteiger partial charge in [-0.1, -0.05) is 6.08 Å². The van der Waals surface area contributed by atoms with Gasteiger partial charge in [-0.15, -0.1) is 6.58 Å². The fourth-order valence-electron chi connectivity index (χ4n) is 3.18. The van der Waals surface area contributed by atoms with Crippen LogP contribution in [0, 0.1) is 19.8 Å². The maximum Gasteiger partial charge on any atom is 0.252 e. The number of hydrogen-bond donors (Lipinski definition) is 0. The van der Waals surface area contributed by atoms with Crippen LogP contribution in [0.5, 0.6) is 0 Å². The van der Waals surface area contributed by atoms with Crippen molar-refractivity contribution in [2.24, 2.45) is 5.92 Å². The first-order chi connectivity index (χ1) is 11.5. The number of likely N-dealkylation sites (tertiary alicyclic amines) is 1. The lowest BCUT2D eigenvalue weighted by molar-refractivity contribution is -0.128. The zero-order chi connectivity index (χ0) is 17.3. The molecule has 2 aromatic rings. The van der Waals surface area contributed by atoms with Gasteiger partial charge in [0.1, 0.15) is 5.76 Å². The van der Waals surface area contributed by atoms with E-state index in [2.05, 4.69) is 11.7 Å². The first-order valence-electron chi connectivity index (χ1n) is 8.01. The summed E-state index contributed by atoms with van der Waals surface area (Å²) in [5, 5.41) is 4.37. The van der Waals surface area contributed by atoms with E-state index in [0.717, 1.165) is 22.7 Å². The van der Waals surface area contributed by atoms with Crippen molar-refractivity contribution < 1.29 is 14.0 Å². The Hall–Kier alpha value is -2.63. The monoisotopic (exact) mass is 327 g/mol. The van der Waals surface area contributed by atoms with Crippen molar-refractivity contribution in [2.75, 3.05) is 6.54 Å². The maximum atomic E-state index is 12.8. The molecule has 0 saturated carbocycles. The second-order valence-corrected chi connectivity index (χ2v) is 6.15. The van der Waals surface area contributed by atoms with E-state index in [1.807, 2.05) is 19.9 Å². The molecule has 1 saturated heterocycles. The molecular formula is C18H21N3O3. The number of rotatable bonds is 5. The van der Waals surface area contributed by atoms with Gasteiger partial charge in [0, 0.05) is 24.2 Å². The third-order valence-corrected chi connectivity index (χ3v) is 4.49. The fourth-order valence-corrected chi connectivity index (χ4v) is 3.18. The highest BCUT2D eigenvalue weighted by atomic mass is 16.3. The number of hydrogen-bond acceptors (Lipinski definition) is 4. The Kier molecular flexibility index (Phi) is 4.38. The number of aryl methyl sites for hydroxylation is 1. The predicted octanol–water partition coefficient (Wildman–Crippen LogP) is 2.51. The molecule has 3 rings (SSSR count). The van der Waals surface area contributed by atoms with E-state index >= 15 is 0 Å². The molecule has 1 aliphatic rings. The topological polar surface area (TPSA) is 68.3 Å². The number of aromatic nitrogens is 2. The number of nitrogens with zero attached hydrogens (tertiary/aromatic N) is 3. The summed E-state index contributed by atoms with van der Waals surface area (Å²) in [4.78, 5) is 26.7. The van der Waals surface area contributed by atoms with Gasteiger partial charge in [-0.3, -0.25) is 9.59 Å². The van der Waals surface area contributed by atoms with Crippen LogP contribution < -0.4 is 0 Å². The van der Waals surface area contributed by atoms with Gasteiger partial charge in [0.2, 0.25) is 5.91 Å². The van der Waals surface area contributed by atoms with Crippen LogP contribution in [0.1, 0.15) is 33.9 Å². The average molecular weight is 327 g/mol. The van der Waals surface area contributed by atoms with E-state index < -0.39 is 0 Å². The minimum absolute atomic E-state index is 0.0300. The molecule has 1 aliphatic heterocycles. The molecule has 3 heterocycles. The van der Waals surface area contributed by atoms with Gasteiger partial charge in [0.15, 0.2) is 0 Å².